The van der Waals surface area contributed by atoms with Crippen LogP contribution >= 0.6 is 11.3 Å². The first-order valence-electron chi connectivity index (χ1n) is 6.15. The first kappa shape index (κ1) is 16.2. The number of carbonyl (C=O) groups is 2. The molecule has 0 radical (unpaired) electrons. The fourth-order valence-electron chi connectivity index (χ4n) is 2.13. The average Bonchev–Trinajstić information content (AvgIpc) is 2.93. The molecule has 22 heavy (non-hydrogen) atoms. The minimum absolute atomic E-state index is 0.131. The lowest BCUT2D eigenvalue weighted by atomic mass is 10.1. The summed E-state index contributed by atoms with van der Waals surface area (Å²) >= 11 is 0.679. The Morgan fingerprint density at radius 3 is 2.41 bits per heavy atom. The fourth-order valence-corrected chi connectivity index (χ4v) is 2.84. The van der Waals surface area contributed by atoms with Gasteiger partial charge in [-0.2, -0.15) is 13.2 Å². The fraction of sp³-hybridized carbons (Fsp3) is 0.308. The van der Waals surface area contributed by atoms with Crippen molar-refractivity contribution >= 4 is 28.2 Å². The van der Waals surface area contributed by atoms with E-state index in [-0.39, 0.29) is 16.6 Å². The Balaban J connectivity index is 2.25. The van der Waals surface area contributed by atoms with Crippen molar-refractivity contribution in [2.24, 2.45) is 0 Å². The summed E-state index contributed by atoms with van der Waals surface area (Å²) in [6, 6.07) is 0. The van der Waals surface area contributed by atoms with Crippen LogP contribution in [0.1, 0.15) is 44.7 Å². The van der Waals surface area contributed by atoms with E-state index in [2.05, 4.69) is 15.3 Å². The van der Waals surface area contributed by atoms with Gasteiger partial charge in [0.1, 0.15) is 5.69 Å². The van der Waals surface area contributed by atoms with Crippen molar-refractivity contribution in [3.8, 4) is 0 Å². The Morgan fingerprint density at radius 2 is 1.95 bits per heavy atom. The number of hydrogen-bond donors (Lipinski definition) is 2. The first-order chi connectivity index (χ1) is 10.1. The van der Waals surface area contributed by atoms with E-state index in [1.165, 1.54) is 6.92 Å². The number of aromatic nitrogens is 2. The summed E-state index contributed by atoms with van der Waals surface area (Å²) in [5.74, 6) is -0.838. The molecule has 2 aromatic heterocycles. The number of halogens is 3. The van der Waals surface area contributed by atoms with Crippen LogP contribution in [0.5, 0.6) is 0 Å². The maximum absolute atomic E-state index is 12.5. The molecule has 0 aromatic carbocycles. The number of nitrogens with one attached hydrogen (secondary N) is 2. The number of alkyl halides is 3. The molecule has 0 saturated carbocycles. The van der Waals surface area contributed by atoms with E-state index in [1.807, 2.05) is 0 Å². The molecule has 0 aliphatic rings. The zero-order valence-corrected chi connectivity index (χ0v) is 12.7. The van der Waals surface area contributed by atoms with E-state index >= 15 is 0 Å². The van der Waals surface area contributed by atoms with Gasteiger partial charge in [-0.15, -0.1) is 11.3 Å². The van der Waals surface area contributed by atoms with Gasteiger partial charge in [-0.05, 0) is 26.3 Å². The van der Waals surface area contributed by atoms with Crippen LogP contribution in [0.3, 0.4) is 0 Å². The summed E-state index contributed by atoms with van der Waals surface area (Å²) in [6.07, 6.45) is -4.56. The third-order valence-electron chi connectivity index (χ3n) is 3.03. The number of hydrogen-bond acceptors (Lipinski definition) is 4. The Kier molecular flexibility index (Phi) is 4.10. The molecule has 0 aliphatic heterocycles. The van der Waals surface area contributed by atoms with Gasteiger partial charge < -0.3 is 4.98 Å². The van der Waals surface area contributed by atoms with Crippen LogP contribution in [0, 0.1) is 13.8 Å². The van der Waals surface area contributed by atoms with Crippen LogP contribution in [-0.2, 0) is 6.18 Å². The van der Waals surface area contributed by atoms with Gasteiger partial charge in [0.05, 0.1) is 0 Å². The number of aryl methyl sites for hydroxylation is 1. The zero-order chi connectivity index (χ0) is 16.7. The molecule has 0 bridgehead atoms. The van der Waals surface area contributed by atoms with Gasteiger partial charge in [0.15, 0.2) is 16.6 Å². The molecular formula is C13H12F3N3O2S. The van der Waals surface area contributed by atoms with Crippen LogP contribution in [0.2, 0.25) is 0 Å². The number of amides is 1. The highest BCUT2D eigenvalue weighted by Gasteiger charge is 2.34. The van der Waals surface area contributed by atoms with Gasteiger partial charge in [-0.3, -0.25) is 14.9 Å². The van der Waals surface area contributed by atoms with E-state index < -0.39 is 17.8 Å². The van der Waals surface area contributed by atoms with Crippen LogP contribution in [-0.4, -0.2) is 21.7 Å². The minimum atomic E-state index is -4.56. The number of H-pyrrole nitrogens is 1. The molecule has 0 fully saturated rings. The van der Waals surface area contributed by atoms with E-state index in [4.69, 9.17) is 0 Å². The lowest BCUT2D eigenvalue weighted by Crippen LogP contribution is -2.14. The Labute approximate surface area is 127 Å². The number of anilines is 1. The molecule has 9 heteroatoms. The average molecular weight is 331 g/mol. The number of aromatic amines is 1. The second kappa shape index (κ2) is 5.56. The molecule has 0 unspecified atom stereocenters. The van der Waals surface area contributed by atoms with Gasteiger partial charge in [-0.1, -0.05) is 0 Å². The molecule has 0 atom stereocenters. The highest BCUT2D eigenvalue weighted by Crippen LogP contribution is 2.31. The molecule has 0 saturated heterocycles. The normalized spacial score (nSPS) is 11.5. The molecule has 118 valence electrons. The molecule has 1 amide bonds. The summed E-state index contributed by atoms with van der Waals surface area (Å²) in [5, 5.41) is 2.96. The van der Waals surface area contributed by atoms with Crippen molar-refractivity contribution in [2.45, 2.75) is 26.9 Å². The van der Waals surface area contributed by atoms with Crippen molar-refractivity contribution in [1.29, 1.82) is 0 Å². The maximum atomic E-state index is 12.5. The van der Waals surface area contributed by atoms with Crippen LogP contribution in [0.15, 0.2) is 5.38 Å². The number of thiazole rings is 1. The van der Waals surface area contributed by atoms with E-state index in [0.29, 0.717) is 28.2 Å². The van der Waals surface area contributed by atoms with Crippen LogP contribution < -0.4 is 5.32 Å². The maximum Gasteiger partial charge on any atom is 0.434 e. The summed E-state index contributed by atoms with van der Waals surface area (Å²) < 4.78 is 37.4. The Hall–Kier alpha value is -2.16. The molecule has 2 N–H and O–H groups in total. The number of rotatable bonds is 3. The first-order valence-corrected chi connectivity index (χ1v) is 7.03. The molecule has 2 aromatic rings. The molecule has 5 nitrogen and oxygen atoms in total. The van der Waals surface area contributed by atoms with Crippen LogP contribution in [0.25, 0.3) is 0 Å². The zero-order valence-electron chi connectivity index (χ0n) is 11.9. The van der Waals surface area contributed by atoms with Gasteiger partial charge >= 0.3 is 6.18 Å². The largest absolute Gasteiger partial charge is 0.434 e. The van der Waals surface area contributed by atoms with Gasteiger partial charge in [0.25, 0.3) is 5.91 Å². The molecule has 0 aliphatic carbocycles. The lowest BCUT2D eigenvalue weighted by molar-refractivity contribution is -0.140. The second-order valence-electron chi connectivity index (χ2n) is 4.67. The summed E-state index contributed by atoms with van der Waals surface area (Å²) in [4.78, 5) is 29.7. The second-order valence-corrected chi connectivity index (χ2v) is 5.53. The molecular weight excluding hydrogens is 319 g/mol. The highest BCUT2D eigenvalue weighted by atomic mass is 32.1. The molecule has 0 spiro atoms. The van der Waals surface area contributed by atoms with E-state index in [0.717, 1.165) is 5.38 Å². The smallest absolute Gasteiger partial charge is 0.354 e. The topological polar surface area (TPSA) is 74.8 Å². The van der Waals surface area contributed by atoms with Crippen molar-refractivity contribution in [3.63, 3.8) is 0 Å². The van der Waals surface area contributed by atoms with Gasteiger partial charge in [-0.25, -0.2) is 4.98 Å². The number of nitrogens with zero attached hydrogens (tertiary/aromatic N) is 1. The highest BCUT2D eigenvalue weighted by molar-refractivity contribution is 7.14. The third kappa shape index (κ3) is 3.03. The van der Waals surface area contributed by atoms with Gasteiger partial charge in [0.2, 0.25) is 0 Å². The Morgan fingerprint density at radius 1 is 1.32 bits per heavy atom. The number of Topliss-reactive ketones (excluding diaryl/α,β-unsaturated/α-hetero) is 1. The van der Waals surface area contributed by atoms with E-state index in [1.54, 1.807) is 13.8 Å². The minimum Gasteiger partial charge on any atom is -0.354 e. The lowest BCUT2D eigenvalue weighted by Gasteiger charge is -2.02. The predicted molar refractivity (Wildman–Crippen MR) is 75.3 cm³/mol. The summed E-state index contributed by atoms with van der Waals surface area (Å²) in [7, 11) is 0. The number of ketones is 1. The SMILES string of the molecule is CC(=O)c1c(C)[nH]c(C(=O)Nc2nc(C(F)(F)F)cs2)c1C. The van der Waals surface area contributed by atoms with Crippen molar-refractivity contribution in [3.05, 3.63) is 33.6 Å². The van der Waals surface area contributed by atoms with E-state index in [9.17, 15) is 22.8 Å². The van der Waals surface area contributed by atoms with Crippen molar-refractivity contribution < 1.29 is 22.8 Å². The quantitative estimate of drug-likeness (QED) is 0.845. The molecule has 2 rings (SSSR count). The van der Waals surface area contributed by atoms with Crippen LogP contribution in [0.4, 0.5) is 18.3 Å². The number of carbonyl (C=O) groups excluding carboxylic acids is 2. The summed E-state index contributed by atoms with van der Waals surface area (Å²) in [6.45, 7) is 4.62. The Bertz CT molecular complexity index is 746. The predicted octanol–water partition coefficient (Wildman–Crippen LogP) is 3.56. The summed E-state index contributed by atoms with van der Waals surface area (Å²) in [5.41, 5.74) is 0.462. The monoisotopic (exact) mass is 331 g/mol. The van der Waals surface area contributed by atoms with Gasteiger partial charge in [0, 0.05) is 16.6 Å². The molecule has 2 heterocycles. The third-order valence-corrected chi connectivity index (χ3v) is 3.79. The standard InChI is InChI=1S/C13H12F3N3O2S/c1-5-9(7(3)20)6(2)17-10(5)11(21)19-12-18-8(4-22-12)13(14,15)16/h4,17H,1-3H3,(H,18,19,21). The van der Waals surface area contributed by atoms with Crippen molar-refractivity contribution in [1.82, 2.24) is 9.97 Å². The van der Waals surface area contributed by atoms with Crippen molar-refractivity contribution in [2.75, 3.05) is 5.32 Å².